The molecule has 0 aliphatic heterocycles. The van der Waals surface area contributed by atoms with E-state index in [0.717, 1.165) is 6.07 Å². The highest BCUT2D eigenvalue weighted by Gasteiger charge is 2.33. The number of rotatable bonds is 5. The number of hydrogen-bond acceptors (Lipinski definition) is 3. The van der Waals surface area contributed by atoms with Gasteiger partial charge in [0.1, 0.15) is 11.5 Å². The molecule has 0 spiro atoms. The molecular weight excluding hydrogens is 267 g/mol. The lowest BCUT2D eigenvalue weighted by atomic mass is 10.1. The summed E-state index contributed by atoms with van der Waals surface area (Å²) >= 11 is 0. The molecule has 0 aromatic carbocycles. The monoisotopic (exact) mass is 289 g/mol. The number of halogens is 3. The van der Waals surface area contributed by atoms with Crippen LogP contribution in [0.25, 0.3) is 0 Å². The Bertz CT molecular complexity index is 442. The third kappa shape index (κ3) is 4.10. The van der Waals surface area contributed by atoms with Crippen LogP contribution in [0.2, 0.25) is 0 Å². The van der Waals surface area contributed by atoms with Crippen molar-refractivity contribution < 1.29 is 13.2 Å². The summed E-state index contributed by atoms with van der Waals surface area (Å²) in [6.07, 6.45) is -4.44. The molecule has 0 aliphatic rings. The standard InChI is InChI=1S/C14H22F3N3/c1-9(2)8-20(10(3)4)13-11(7-18)5-6-12(19-13)14(15,16)17/h5-6,9-10H,7-8,18H2,1-4H3. The summed E-state index contributed by atoms with van der Waals surface area (Å²) in [6, 6.07) is 2.46. The van der Waals surface area contributed by atoms with E-state index in [1.54, 1.807) is 0 Å². The molecule has 1 rings (SSSR count). The summed E-state index contributed by atoms with van der Waals surface area (Å²) in [4.78, 5) is 5.69. The molecular formula is C14H22F3N3. The number of aromatic nitrogens is 1. The van der Waals surface area contributed by atoms with Crippen molar-refractivity contribution >= 4 is 5.82 Å². The van der Waals surface area contributed by atoms with Crippen LogP contribution in [0.3, 0.4) is 0 Å². The van der Waals surface area contributed by atoms with E-state index in [2.05, 4.69) is 4.98 Å². The summed E-state index contributed by atoms with van der Waals surface area (Å²) in [6.45, 7) is 8.71. The minimum absolute atomic E-state index is 0.0543. The quantitative estimate of drug-likeness (QED) is 0.903. The van der Waals surface area contributed by atoms with Gasteiger partial charge in [0.15, 0.2) is 0 Å². The predicted octanol–water partition coefficient (Wildman–Crippen LogP) is 3.43. The fourth-order valence-electron chi connectivity index (χ4n) is 1.98. The second-order valence-corrected chi connectivity index (χ2v) is 5.52. The molecule has 3 nitrogen and oxygen atoms in total. The van der Waals surface area contributed by atoms with Crippen LogP contribution in [0, 0.1) is 5.92 Å². The third-order valence-corrected chi connectivity index (χ3v) is 2.92. The molecule has 1 aromatic rings. The second kappa shape index (κ2) is 6.43. The molecule has 2 N–H and O–H groups in total. The summed E-state index contributed by atoms with van der Waals surface area (Å²) in [5.41, 5.74) is 5.39. The number of hydrogen-bond donors (Lipinski definition) is 1. The average Bonchev–Trinajstić information content (AvgIpc) is 2.33. The first-order valence-corrected chi connectivity index (χ1v) is 6.70. The molecule has 1 aromatic heterocycles. The van der Waals surface area contributed by atoms with Gasteiger partial charge in [-0.25, -0.2) is 4.98 Å². The van der Waals surface area contributed by atoms with Crippen molar-refractivity contribution in [3.8, 4) is 0 Å². The van der Waals surface area contributed by atoms with Gasteiger partial charge in [-0.1, -0.05) is 19.9 Å². The van der Waals surface area contributed by atoms with E-state index in [1.807, 2.05) is 32.6 Å². The second-order valence-electron chi connectivity index (χ2n) is 5.52. The first-order chi connectivity index (χ1) is 9.16. The van der Waals surface area contributed by atoms with Gasteiger partial charge in [0.2, 0.25) is 0 Å². The molecule has 0 bridgehead atoms. The van der Waals surface area contributed by atoms with Crippen LogP contribution in [0.5, 0.6) is 0 Å². The SMILES string of the molecule is CC(C)CN(c1nc(C(F)(F)F)ccc1CN)C(C)C. The van der Waals surface area contributed by atoms with E-state index in [1.165, 1.54) is 6.07 Å². The lowest BCUT2D eigenvalue weighted by molar-refractivity contribution is -0.141. The summed E-state index contributed by atoms with van der Waals surface area (Å²) in [7, 11) is 0. The van der Waals surface area contributed by atoms with Crippen molar-refractivity contribution in [2.75, 3.05) is 11.4 Å². The maximum Gasteiger partial charge on any atom is 0.433 e. The Morgan fingerprint density at radius 3 is 2.20 bits per heavy atom. The summed E-state index contributed by atoms with van der Waals surface area (Å²) in [5.74, 6) is 0.658. The Balaban J connectivity index is 3.30. The maximum absolute atomic E-state index is 12.8. The minimum atomic E-state index is -4.44. The lowest BCUT2D eigenvalue weighted by Gasteiger charge is -2.31. The molecule has 0 atom stereocenters. The Labute approximate surface area is 118 Å². The number of alkyl halides is 3. The fourth-order valence-corrected chi connectivity index (χ4v) is 1.98. The summed E-state index contributed by atoms with van der Waals surface area (Å²) in [5, 5.41) is 0. The number of nitrogens with two attached hydrogens (primary N) is 1. The van der Waals surface area contributed by atoms with Gasteiger partial charge in [-0.15, -0.1) is 0 Å². The van der Waals surface area contributed by atoms with Crippen LogP contribution >= 0.6 is 0 Å². The zero-order valence-electron chi connectivity index (χ0n) is 12.3. The van der Waals surface area contributed by atoms with Gasteiger partial charge in [0.25, 0.3) is 0 Å². The van der Waals surface area contributed by atoms with E-state index in [-0.39, 0.29) is 12.6 Å². The molecule has 20 heavy (non-hydrogen) atoms. The van der Waals surface area contributed by atoms with E-state index in [4.69, 9.17) is 5.73 Å². The highest BCUT2D eigenvalue weighted by Crippen LogP contribution is 2.31. The van der Waals surface area contributed by atoms with Crippen LogP contribution in [0.1, 0.15) is 39.0 Å². The van der Waals surface area contributed by atoms with Crippen molar-refractivity contribution in [2.45, 2.75) is 46.5 Å². The van der Waals surface area contributed by atoms with Gasteiger partial charge in [-0.05, 0) is 25.8 Å². The molecule has 114 valence electrons. The molecule has 0 saturated heterocycles. The van der Waals surface area contributed by atoms with E-state index < -0.39 is 11.9 Å². The number of nitrogens with zero attached hydrogens (tertiary/aromatic N) is 2. The first-order valence-electron chi connectivity index (χ1n) is 6.70. The van der Waals surface area contributed by atoms with Crippen LogP contribution < -0.4 is 10.6 Å². The van der Waals surface area contributed by atoms with Gasteiger partial charge in [0.05, 0.1) is 0 Å². The highest BCUT2D eigenvalue weighted by molar-refractivity contribution is 5.49. The fraction of sp³-hybridized carbons (Fsp3) is 0.643. The van der Waals surface area contributed by atoms with E-state index >= 15 is 0 Å². The molecule has 0 amide bonds. The Kier molecular flexibility index (Phi) is 5.39. The van der Waals surface area contributed by atoms with Crippen molar-refractivity contribution in [3.05, 3.63) is 23.4 Å². The van der Waals surface area contributed by atoms with Crippen molar-refractivity contribution in [2.24, 2.45) is 11.7 Å². The highest BCUT2D eigenvalue weighted by atomic mass is 19.4. The number of pyridine rings is 1. The molecule has 0 aliphatic carbocycles. The van der Waals surface area contributed by atoms with Gasteiger partial charge >= 0.3 is 6.18 Å². The number of anilines is 1. The maximum atomic E-state index is 12.8. The topological polar surface area (TPSA) is 42.2 Å². The largest absolute Gasteiger partial charge is 0.433 e. The molecule has 0 unspecified atom stereocenters. The molecule has 0 radical (unpaired) electrons. The van der Waals surface area contributed by atoms with Crippen LogP contribution in [0.15, 0.2) is 12.1 Å². The van der Waals surface area contributed by atoms with Gasteiger partial charge in [-0.3, -0.25) is 0 Å². The van der Waals surface area contributed by atoms with E-state index in [0.29, 0.717) is 23.8 Å². The van der Waals surface area contributed by atoms with Gasteiger partial charge in [-0.2, -0.15) is 13.2 Å². The minimum Gasteiger partial charge on any atom is -0.354 e. The Morgan fingerprint density at radius 2 is 1.80 bits per heavy atom. The van der Waals surface area contributed by atoms with Crippen LogP contribution in [-0.2, 0) is 12.7 Å². The normalized spacial score (nSPS) is 12.3. The Morgan fingerprint density at radius 1 is 1.20 bits per heavy atom. The smallest absolute Gasteiger partial charge is 0.354 e. The van der Waals surface area contributed by atoms with Gasteiger partial charge in [0, 0.05) is 24.7 Å². The average molecular weight is 289 g/mol. The molecule has 6 heteroatoms. The molecule has 0 fully saturated rings. The lowest BCUT2D eigenvalue weighted by Crippen LogP contribution is -2.36. The zero-order valence-corrected chi connectivity index (χ0v) is 12.3. The van der Waals surface area contributed by atoms with Crippen LogP contribution in [0.4, 0.5) is 19.0 Å². The van der Waals surface area contributed by atoms with Crippen LogP contribution in [-0.4, -0.2) is 17.6 Å². The van der Waals surface area contributed by atoms with Crippen molar-refractivity contribution in [1.82, 2.24) is 4.98 Å². The molecule has 0 saturated carbocycles. The summed E-state index contributed by atoms with van der Waals surface area (Å²) < 4.78 is 38.5. The van der Waals surface area contributed by atoms with E-state index in [9.17, 15) is 13.2 Å². The zero-order chi connectivity index (χ0) is 15.5. The third-order valence-electron chi connectivity index (χ3n) is 2.92. The molecule has 1 heterocycles. The van der Waals surface area contributed by atoms with Crippen molar-refractivity contribution in [3.63, 3.8) is 0 Å². The predicted molar refractivity (Wildman–Crippen MR) is 74.5 cm³/mol. The first kappa shape index (κ1) is 16.8. The van der Waals surface area contributed by atoms with Gasteiger partial charge < -0.3 is 10.6 Å². The Hall–Kier alpha value is -1.30. The van der Waals surface area contributed by atoms with Crippen molar-refractivity contribution in [1.29, 1.82) is 0 Å².